The average Bonchev–Trinajstić information content (AvgIpc) is 2.17. The first-order valence-corrected chi connectivity index (χ1v) is 4.85. The van der Waals surface area contributed by atoms with E-state index in [9.17, 15) is 4.79 Å². The van der Waals surface area contributed by atoms with E-state index in [0.29, 0.717) is 0 Å². The van der Waals surface area contributed by atoms with Crippen molar-refractivity contribution in [2.45, 2.75) is 5.00 Å². The number of hydrazine groups is 1. The molecule has 0 heterocycles. The first kappa shape index (κ1) is 12.0. The van der Waals surface area contributed by atoms with Crippen LogP contribution in [-0.2, 0) is 4.79 Å². The minimum Gasteiger partial charge on any atom is -0.481 e. The zero-order valence-electron chi connectivity index (χ0n) is 7.61. The standard InChI is InChI=1S/C8H10ClN3O2S/c9-8(11-7(15)12-10)4-2-1-3-5(8)6(13)14/h1-5H,10H2,(H,13,14)(H2,11,12,15). The molecule has 2 atom stereocenters. The second-order valence-electron chi connectivity index (χ2n) is 2.93. The number of rotatable bonds is 2. The summed E-state index contributed by atoms with van der Waals surface area (Å²) in [5.74, 6) is 3.12. The van der Waals surface area contributed by atoms with Crippen LogP contribution in [0.15, 0.2) is 24.3 Å². The molecular formula is C8H10ClN3O2S. The van der Waals surface area contributed by atoms with Crippen molar-refractivity contribution in [2.24, 2.45) is 11.8 Å². The number of alkyl halides is 1. The van der Waals surface area contributed by atoms with Crippen LogP contribution in [0.3, 0.4) is 0 Å². The van der Waals surface area contributed by atoms with Crippen molar-refractivity contribution in [1.29, 1.82) is 0 Å². The maximum absolute atomic E-state index is 10.9. The molecule has 0 saturated carbocycles. The van der Waals surface area contributed by atoms with E-state index in [4.69, 9.17) is 34.8 Å². The van der Waals surface area contributed by atoms with Gasteiger partial charge < -0.3 is 15.8 Å². The van der Waals surface area contributed by atoms with Gasteiger partial charge in [0.25, 0.3) is 0 Å². The highest BCUT2D eigenvalue weighted by Crippen LogP contribution is 2.29. The Balaban J connectivity index is 2.88. The highest BCUT2D eigenvalue weighted by molar-refractivity contribution is 7.80. The van der Waals surface area contributed by atoms with Crippen molar-refractivity contribution < 1.29 is 9.90 Å². The Kier molecular flexibility index (Phi) is 3.67. The quantitative estimate of drug-likeness (QED) is 0.182. The maximum Gasteiger partial charge on any atom is 0.314 e. The van der Waals surface area contributed by atoms with Gasteiger partial charge in [-0.1, -0.05) is 29.8 Å². The molecule has 1 rings (SSSR count). The molecule has 0 radical (unpaired) electrons. The predicted molar refractivity (Wildman–Crippen MR) is 61.0 cm³/mol. The van der Waals surface area contributed by atoms with Crippen LogP contribution in [0, 0.1) is 5.92 Å². The third-order valence-corrected chi connectivity index (χ3v) is 2.58. The van der Waals surface area contributed by atoms with Crippen LogP contribution in [0.25, 0.3) is 0 Å². The first-order valence-electron chi connectivity index (χ1n) is 4.06. The number of carbonyl (C=O) groups is 1. The van der Waals surface area contributed by atoms with Gasteiger partial charge >= 0.3 is 5.97 Å². The Morgan fingerprint density at radius 1 is 1.60 bits per heavy atom. The van der Waals surface area contributed by atoms with E-state index >= 15 is 0 Å². The summed E-state index contributed by atoms with van der Waals surface area (Å²) in [4.78, 5) is 9.65. The minimum absolute atomic E-state index is 0.0798. The molecule has 5 nitrogen and oxygen atoms in total. The van der Waals surface area contributed by atoms with E-state index in [-0.39, 0.29) is 5.11 Å². The molecule has 0 aromatic heterocycles. The minimum atomic E-state index is -1.29. The van der Waals surface area contributed by atoms with Gasteiger partial charge in [0, 0.05) is 0 Å². The Bertz CT molecular complexity index is 345. The molecule has 0 bridgehead atoms. The fourth-order valence-electron chi connectivity index (χ4n) is 1.21. The van der Waals surface area contributed by atoms with Crippen molar-refractivity contribution >= 4 is 34.9 Å². The van der Waals surface area contributed by atoms with Crippen molar-refractivity contribution in [3.8, 4) is 0 Å². The molecule has 0 fully saturated rings. The summed E-state index contributed by atoms with van der Waals surface area (Å²) in [7, 11) is 0. The molecule has 82 valence electrons. The van der Waals surface area contributed by atoms with Gasteiger partial charge in [-0.25, -0.2) is 5.84 Å². The van der Waals surface area contributed by atoms with Crippen LogP contribution >= 0.6 is 23.8 Å². The number of nitrogens with one attached hydrogen (secondary N) is 2. The van der Waals surface area contributed by atoms with Crippen LogP contribution in [-0.4, -0.2) is 21.2 Å². The number of allylic oxidation sites excluding steroid dienone is 2. The molecule has 0 saturated heterocycles. The zero-order chi connectivity index (χ0) is 11.5. The smallest absolute Gasteiger partial charge is 0.314 e. The largest absolute Gasteiger partial charge is 0.481 e. The molecule has 2 unspecified atom stereocenters. The molecule has 1 aliphatic rings. The fraction of sp³-hybridized carbons (Fsp3) is 0.250. The second-order valence-corrected chi connectivity index (χ2v) is 3.96. The number of thiocarbonyl (C=S) groups is 1. The Morgan fingerprint density at radius 3 is 2.80 bits per heavy atom. The molecule has 5 N–H and O–H groups in total. The highest BCUT2D eigenvalue weighted by Gasteiger charge is 2.39. The van der Waals surface area contributed by atoms with Gasteiger partial charge in [0.15, 0.2) is 5.11 Å². The maximum atomic E-state index is 10.9. The van der Waals surface area contributed by atoms with Crippen molar-refractivity contribution in [3.63, 3.8) is 0 Å². The number of aliphatic carboxylic acids is 1. The van der Waals surface area contributed by atoms with Crippen molar-refractivity contribution in [3.05, 3.63) is 24.3 Å². The number of carboxylic acids is 1. The number of carboxylic acid groups (broad SMARTS) is 1. The molecule has 0 aliphatic heterocycles. The van der Waals surface area contributed by atoms with E-state index in [1.165, 1.54) is 12.2 Å². The molecule has 7 heteroatoms. The summed E-state index contributed by atoms with van der Waals surface area (Å²) in [6, 6.07) is 0. The van der Waals surface area contributed by atoms with Gasteiger partial charge in [-0.15, -0.1) is 0 Å². The van der Waals surface area contributed by atoms with Gasteiger partial charge in [-0.3, -0.25) is 4.79 Å². The van der Waals surface area contributed by atoms with Crippen molar-refractivity contribution in [1.82, 2.24) is 10.7 Å². The van der Waals surface area contributed by atoms with Gasteiger partial charge in [-0.2, -0.15) is 0 Å². The van der Waals surface area contributed by atoms with Crippen LogP contribution in [0.1, 0.15) is 0 Å². The van der Waals surface area contributed by atoms with Crippen molar-refractivity contribution in [2.75, 3.05) is 0 Å². The van der Waals surface area contributed by atoms with E-state index in [2.05, 4.69) is 10.7 Å². The Hall–Kier alpha value is -1.11. The lowest BCUT2D eigenvalue weighted by Crippen LogP contribution is -2.54. The molecule has 0 aromatic rings. The number of nitrogens with two attached hydrogens (primary N) is 1. The lowest BCUT2D eigenvalue weighted by molar-refractivity contribution is -0.140. The summed E-state index contributed by atoms with van der Waals surface area (Å²) >= 11 is 10.9. The fourth-order valence-corrected chi connectivity index (χ4v) is 1.76. The Morgan fingerprint density at radius 2 is 2.27 bits per heavy atom. The highest BCUT2D eigenvalue weighted by atomic mass is 35.5. The van der Waals surface area contributed by atoms with E-state index in [1.807, 2.05) is 0 Å². The predicted octanol–water partition coefficient (Wildman–Crippen LogP) is 0.0861. The summed E-state index contributed by atoms with van der Waals surface area (Å²) in [6.07, 6.45) is 6.23. The molecular weight excluding hydrogens is 238 g/mol. The molecule has 0 spiro atoms. The van der Waals surface area contributed by atoms with Gasteiger partial charge in [0.1, 0.15) is 10.9 Å². The first-order chi connectivity index (χ1) is 6.99. The number of hydrogen-bond acceptors (Lipinski definition) is 3. The SMILES string of the molecule is NNC(=S)NC1(Cl)C=CC=CC1C(=O)O. The molecule has 15 heavy (non-hydrogen) atoms. The zero-order valence-corrected chi connectivity index (χ0v) is 9.18. The van der Waals surface area contributed by atoms with Crippen LogP contribution < -0.4 is 16.6 Å². The molecule has 0 amide bonds. The normalized spacial score (nSPS) is 28.5. The van der Waals surface area contributed by atoms with Crippen LogP contribution in [0.4, 0.5) is 0 Å². The lowest BCUT2D eigenvalue weighted by Gasteiger charge is -2.31. The van der Waals surface area contributed by atoms with E-state index in [0.717, 1.165) is 0 Å². The van der Waals surface area contributed by atoms with Gasteiger partial charge in [0.05, 0.1) is 0 Å². The topological polar surface area (TPSA) is 87.4 Å². The third kappa shape index (κ3) is 2.68. The number of hydrogen-bond donors (Lipinski definition) is 4. The van der Waals surface area contributed by atoms with E-state index < -0.39 is 16.9 Å². The second kappa shape index (κ2) is 4.61. The Labute approximate surface area is 96.9 Å². The van der Waals surface area contributed by atoms with Crippen LogP contribution in [0.2, 0.25) is 0 Å². The molecule has 1 aliphatic carbocycles. The monoisotopic (exact) mass is 247 g/mol. The van der Waals surface area contributed by atoms with E-state index in [1.54, 1.807) is 12.2 Å². The summed E-state index contributed by atoms with van der Waals surface area (Å²) < 4.78 is 0. The summed E-state index contributed by atoms with van der Waals surface area (Å²) in [6.45, 7) is 0. The summed E-state index contributed by atoms with van der Waals surface area (Å²) in [5, 5.41) is 11.7. The van der Waals surface area contributed by atoms with Gasteiger partial charge in [-0.05, 0) is 18.3 Å². The third-order valence-electron chi connectivity index (χ3n) is 1.91. The summed E-state index contributed by atoms with van der Waals surface area (Å²) in [5.41, 5.74) is 2.18. The van der Waals surface area contributed by atoms with Gasteiger partial charge in [0.2, 0.25) is 0 Å². The number of halogens is 1. The van der Waals surface area contributed by atoms with Crippen LogP contribution in [0.5, 0.6) is 0 Å². The molecule has 0 aromatic carbocycles. The average molecular weight is 248 g/mol. The lowest BCUT2D eigenvalue weighted by atomic mass is 9.94.